The molecule has 35 heavy (non-hydrogen) atoms. The third-order valence-electron chi connectivity index (χ3n) is 5.59. The van der Waals surface area contributed by atoms with E-state index in [1.165, 1.54) is 8.99 Å². The topological polar surface area (TPSA) is 96.3 Å². The quantitative estimate of drug-likeness (QED) is 0.457. The van der Waals surface area contributed by atoms with Gasteiger partial charge in [-0.15, -0.1) is 0 Å². The summed E-state index contributed by atoms with van der Waals surface area (Å²) >= 11 is 0. The molecule has 186 valence electrons. The van der Waals surface area contributed by atoms with Gasteiger partial charge in [-0.25, -0.2) is 31.1 Å². The molecule has 8 nitrogen and oxygen atoms in total. The Labute approximate surface area is 200 Å². The molecule has 0 spiro atoms. The number of amides is 2. The van der Waals surface area contributed by atoms with Crippen molar-refractivity contribution in [2.24, 2.45) is 0 Å². The van der Waals surface area contributed by atoms with Gasteiger partial charge < -0.3 is 5.32 Å². The van der Waals surface area contributed by atoms with E-state index >= 15 is 0 Å². The molecule has 0 atom stereocenters. The first-order valence-corrected chi connectivity index (χ1v) is 12.8. The van der Waals surface area contributed by atoms with Crippen LogP contribution in [0.1, 0.15) is 31.0 Å². The van der Waals surface area contributed by atoms with Gasteiger partial charge in [0.25, 0.3) is 0 Å². The first kappa shape index (κ1) is 24.6. The molecule has 0 fully saturated rings. The molecule has 2 N–H and O–H groups in total. The minimum Gasteiger partial charge on any atom is -0.305 e. The van der Waals surface area contributed by atoms with E-state index in [-0.39, 0.29) is 5.82 Å². The Morgan fingerprint density at radius 2 is 1.89 bits per heavy atom. The number of hydrogen-bond acceptors (Lipinski definition) is 4. The van der Waals surface area contributed by atoms with Crippen molar-refractivity contribution in [2.45, 2.75) is 32.6 Å². The summed E-state index contributed by atoms with van der Waals surface area (Å²) in [4.78, 5) is 12.6. The number of carbonyl (C=O) groups is 1. The van der Waals surface area contributed by atoms with Crippen LogP contribution in [0.25, 0.3) is 5.69 Å². The van der Waals surface area contributed by atoms with Crippen LogP contribution < -0.4 is 14.9 Å². The number of anilines is 3. The Balaban J connectivity index is 1.64. The van der Waals surface area contributed by atoms with Crippen LogP contribution in [0.4, 0.5) is 35.2 Å². The van der Waals surface area contributed by atoms with Crippen LogP contribution in [0.3, 0.4) is 0 Å². The minimum atomic E-state index is -3.40. The zero-order valence-electron chi connectivity index (χ0n) is 19.1. The summed E-state index contributed by atoms with van der Waals surface area (Å²) < 4.78 is 67.8. The number of benzene rings is 2. The number of rotatable bonds is 7. The highest BCUT2D eigenvalue weighted by atomic mass is 32.2. The van der Waals surface area contributed by atoms with Crippen molar-refractivity contribution in [3.05, 3.63) is 65.1 Å². The molecular formula is C23H24F3N5O3S. The van der Waals surface area contributed by atoms with E-state index < -0.39 is 39.2 Å². The Morgan fingerprint density at radius 1 is 1.11 bits per heavy atom. The van der Waals surface area contributed by atoms with E-state index in [1.807, 2.05) is 6.92 Å². The van der Waals surface area contributed by atoms with E-state index in [1.54, 1.807) is 24.3 Å². The summed E-state index contributed by atoms with van der Waals surface area (Å²) in [7, 11) is -3.40. The number of urea groups is 1. The van der Waals surface area contributed by atoms with Crippen molar-refractivity contribution in [3.8, 4) is 5.69 Å². The molecule has 0 radical (unpaired) electrons. The maximum atomic E-state index is 14.0. The van der Waals surface area contributed by atoms with Gasteiger partial charge >= 0.3 is 6.03 Å². The lowest BCUT2D eigenvalue weighted by molar-refractivity contribution is 0.262. The highest BCUT2D eigenvalue weighted by Gasteiger charge is 2.27. The van der Waals surface area contributed by atoms with Crippen molar-refractivity contribution < 1.29 is 26.4 Å². The van der Waals surface area contributed by atoms with Crippen LogP contribution in [-0.2, 0) is 22.9 Å². The molecule has 1 aromatic heterocycles. The average Bonchev–Trinajstić information content (AvgIpc) is 3.39. The van der Waals surface area contributed by atoms with E-state index in [0.29, 0.717) is 48.6 Å². The zero-order chi connectivity index (χ0) is 25.3. The van der Waals surface area contributed by atoms with Crippen molar-refractivity contribution >= 4 is 33.2 Å². The van der Waals surface area contributed by atoms with Crippen LogP contribution in [-0.4, -0.2) is 37.0 Å². The van der Waals surface area contributed by atoms with Crippen LogP contribution in [0, 0.1) is 17.5 Å². The standard InChI is InChI=1S/C23H24F3N5O3S/c1-3-4-5-16-13-21(28-23(32)27-19-12-15(24)11-18(25)22(19)26)31(29-16)17-6-7-20-14(10-17)8-9-30(20)35(2,33)34/h6-7,10-13H,3-5,8-9H2,1-2H3,(H2,27,28,32). The fourth-order valence-electron chi connectivity index (χ4n) is 3.95. The summed E-state index contributed by atoms with van der Waals surface area (Å²) in [6.07, 6.45) is 4.12. The fourth-order valence-corrected chi connectivity index (χ4v) is 4.91. The molecular weight excluding hydrogens is 483 g/mol. The first-order valence-electron chi connectivity index (χ1n) is 11.0. The van der Waals surface area contributed by atoms with Crippen molar-refractivity contribution in [1.29, 1.82) is 0 Å². The fraction of sp³-hybridized carbons (Fsp3) is 0.304. The number of aryl methyl sites for hydroxylation is 1. The lowest BCUT2D eigenvalue weighted by atomic mass is 10.1. The Bertz CT molecular complexity index is 1390. The molecule has 1 aliphatic heterocycles. The molecule has 4 rings (SSSR count). The van der Waals surface area contributed by atoms with Gasteiger partial charge in [0.15, 0.2) is 11.6 Å². The monoisotopic (exact) mass is 507 g/mol. The van der Waals surface area contributed by atoms with Crippen LogP contribution in [0.2, 0.25) is 0 Å². The number of nitrogens with zero attached hydrogens (tertiary/aromatic N) is 3. The normalized spacial score (nSPS) is 13.1. The number of sulfonamides is 1. The largest absolute Gasteiger partial charge is 0.324 e. The number of carbonyl (C=O) groups excluding carboxylic acids is 1. The number of nitrogens with one attached hydrogen (secondary N) is 2. The van der Waals surface area contributed by atoms with Crippen LogP contribution in [0.15, 0.2) is 36.4 Å². The summed E-state index contributed by atoms with van der Waals surface area (Å²) in [6.45, 7) is 2.37. The molecule has 2 amide bonds. The molecule has 0 saturated heterocycles. The van der Waals surface area contributed by atoms with E-state index in [0.717, 1.165) is 24.7 Å². The van der Waals surface area contributed by atoms with Crippen LogP contribution in [0.5, 0.6) is 0 Å². The smallest absolute Gasteiger partial charge is 0.305 e. The van der Waals surface area contributed by atoms with Gasteiger partial charge in [0.05, 0.1) is 29.0 Å². The second kappa shape index (κ2) is 9.61. The van der Waals surface area contributed by atoms with Crippen LogP contribution >= 0.6 is 0 Å². The SMILES string of the molecule is CCCCc1cc(NC(=O)Nc2cc(F)cc(F)c2F)n(-c2ccc3c(c2)CCN3S(C)(=O)=O)n1. The first-order chi connectivity index (χ1) is 16.6. The van der Waals surface area contributed by atoms with E-state index in [9.17, 15) is 26.4 Å². The van der Waals surface area contributed by atoms with Gasteiger partial charge in [-0.2, -0.15) is 5.10 Å². The van der Waals surface area contributed by atoms with Gasteiger partial charge in [-0.1, -0.05) is 13.3 Å². The third kappa shape index (κ3) is 5.26. The van der Waals surface area contributed by atoms with Gasteiger partial charge in [-0.3, -0.25) is 9.62 Å². The zero-order valence-corrected chi connectivity index (χ0v) is 19.9. The molecule has 3 aromatic rings. The van der Waals surface area contributed by atoms with Crippen molar-refractivity contribution in [2.75, 3.05) is 27.7 Å². The number of hydrogen-bond donors (Lipinski definition) is 2. The van der Waals surface area contributed by atoms with Gasteiger partial charge in [0.2, 0.25) is 10.0 Å². The van der Waals surface area contributed by atoms with Gasteiger partial charge in [-0.05, 0) is 43.0 Å². The minimum absolute atomic E-state index is 0.254. The molecule has 2 heterocycles. The number of unbranched alkanes of at least 4 members (excludes halogenated alkanes) is 1. The highest BCUT2D eigenvalue weighted by Crippen LogP contribution is 2.32. The summed E-state index contributed by atoms with van der Waals surface area (Å²) in [6, 6.07) is 6.96. The van der Waals surface area contributed by atoms with Crippen molar-refractivity contribution in [1.82, 2.24) is 9.78 Å². The van der Waals surface area contributed by atoms with E-state index in [2.05, 4.69) is 15.7 Å². The maximum absolute atomic E-state index is 14.0. The molecule has 2 aromatic carbocycles. The Hall–Kier alpha value is -3.54. The maximum Gasteiger partial charge on any atom is 0.324 e. The number of aromatic nitrogens is 2. The van der Waals surface area contributed by atoms with Gasteiger partial charge in [0, 0.05) is 24.7 Å². The van der Waals surface area contributed by atoms with Gasteiger partial charge in [0.1, 0.15) is 11.6 Å². The summed E-state index contributed by atoms with van der Waals surface area (Å²) in [5, 5.41) is 9.24. The lowest BCUT2D eigenvalue weighted by Crippen LogP contribution is -2.27. The second-order valence-corrected chi connectivity index (χ2v) is 10.2. The predicted octanol–water partition coefficient (Wildman–Crippen LogP) is 4.60. The number of halogens is 3. The number of fused-ring (bicyclic) bond motifs is 1. The molecule has 0 aliphatic carbocycles. The molecule has 0 unspecified atom stereocenters. The third-order valence-corrected chi connectivity index (χ3v) is 6.77. The Morgan fingerprint density at radius 3 is 2.60 bits per heavy atom. The van der Waals surface area contributed by atoms with Crippen molar-refractivity contribution in [3.63, 3.8) is 0 Å². The predicted molar refractivity (Wildman–Crippen MR) is 127 cm³/mol. The van der Waals surface area contributed by atoms with E-state index in [4.69, 9.17) is 0 Å². The summed E-state index contributed by atoms with van der Waals surface area (Å²) in [5.41, 5.74) is 2.04. The molecule has 0 bridgehead atoms. The Kier molecular flexibility index (Phi) is 6.75. The molecule has 1 aliphatic rings. The highest BCUT2D eigenvalue weighted by molar-refractivity contribution is 7.92. The average molecular weight is 508 g/mol. The second-order valence-electron chi connectivity index (χ2n) is 8.26. The summed E-state index contributed by atoms with van der Waals surface area (Å²) in [5.74, 6) is -3.59. The lowest BCUT2D eigenvalue weighted by Gasteiger charge is -2.17. The molecule has 0 saturated carbocycles. The molecule has 12 heteroatoms.